The number of anilines is 1. The van der Waals surface area contributed by atoms with Crippen LogP contribution in [0.1, 0.15) is 25.3 Å². The van der Waals surface area contributed by atoms with Gasteiger partial charge in [-0.3, -0.25) is 0 Å². The summed E-state index contributed by atoms with van der Waals surface area (Å²) in [5.74, 6) is 0.341. The van der Waals surface area contributed by atoms with Crippen LogP contribution in [0.3, 0.4) is 0 Å². The summed E-state index contributed by atoms with van der Waals surface area (Å²) in [7, 11) is 0. The Hall–Kier alpha value is -1.16. The number of hydrogen-bond donors (Lipinski definition) is 2. The lowest BCUT2D eigenvalue weighted by Gasteiger charge is -2.11. The predicted octanol–water partition coefficient (Wildman–Crippen LogP) is 2.67. The molecular weight excluding hydrogens is 223 g/mol. The summed E-state index contributed by atoms with van der Waals surface area (Å²) in [6, 6.07) is 5.31. The summed E-state index contributed by atoms with van der Waals surface area (Å²) < 4.78 is 13.5. The molecule has 0 radical (unpaired) electrons. The fraction of sp³-hybridized carbons (Fsp3) is 0.417. The minimum absolute atomic E-state index is 0.106. The van der Waals surface area contributed by atoms with Crippen LogP contribution in [0.5, 0.6) is 0 Å². The topological polar surface area (TPSA) is 38.0 Å². The molecule has 2 atom stereocenters. The van der Waals surface area contributed by atoms with E-state index >= 15 is 0 Å². The molecule has 4 heteroatoms. The third kappa shape index (κ3) is 2.16. The Morgan fingerprint density at radius 2 is 2.38 bits per heavy atom. The van der Waals surface area contributed by atoms with Crippen LogP contribution in [-0.2, 0) is 0 Å². The van der Waals surface area contributed by atoms with Crippen molar-refractivity contribution < 1.29 is 4.39 Å². The lowest BCUT2D eigenvalue weighted by Crippen LogP contribution is -2.16. The Labute approximate surface area is 100 Å². The van der Waals surface area contributed by atoms with Gasteiger partial charge in [0, 0.05) is 11.7 Å². The number of nitrogens with two attached hydrogens (primary N) is 1. The predicted molar refractivity (Wildman–Crippen MR) is 68.1 cm³/mol. The van der Waals surface area contributed by atoms with Crippen molar-refractivity contribution >= 4 is 22.9 Å². The van der Waals surface area contributed by atoms with Gasteiger partial charge >= 0.3 is 0 Å². The first-order chi connectivity index (χ1) is 7.63. The molecule has 0 amide bonds. The van der Waals surface area contributed by atoms with Gasteiger partial charge in [-0.1, -0.05) is 31.6 Å². The minimum atomic E-state index is -0.355. The summed E-state index contributed by atoms with van der Waals surface area (Å²) in [6.45, 7) is 2.16. The molecule has 0 bridgehead atoms. The molecule has 0 aromatic heterocycles. The summed E-state index contributed by atoms with van der Waals surface area (Å²) in [5.41, 5.74) is 6.58. The Kier molecular flexibility index (Phi) is 3.10. The zero-order chi connectivity index (χ0) is 11.7. The molecule has 1 saturated carbocycles. The van der Waals surface area contributed by atoms with Gasteiger partial charge in [-0.25, -0.2) is 4.39 Å². The SMILES string of the molecule is CCC1CC1Nc1cccc(F)c1C(N)=S. The monoisotopic (exact) mass is 238 g/mol. The van der Waals surface area contributed by atoms with Crippen LogP contribution in [0.25, 0.3) is 0 Å². The van der Waals surface area contributed by atoms with Crippen LogP contribution in [0.15, 0.2) is 18.2 Å². The normalized spacial score (nSPS) is 22.9. The quantitative estimate of drug-likeness (QED) is 0.792. The summed E-state index contributed by atoms with van der Waals surface area (Å²) in [5, 5.41) is 3.30. The van der Waals surface area contributed by atoms with Gasteiger partial charge in [-0.15, -0.1) is 0 Å². The Balaban J connectivity index is 2.20. The fourth-order valence-corrected chi connectivity index (χ4v) is 2.18. The van der Waals surface area contributed by atoms with E-state index in [0.29, 0.717) is 23.2 Å². The van der Waals surface area contributed by atoms with Crippen LogP contribution < -0.4 is 11.1 Å². The second-order valence-electron chi connectivity index (χ2n) is 4.18. The van der Waals surface area contributed by atoms with Crippen LogP contribution in [-0.4, -0.2) is 11.0 Å². The first kappa shape index (κ1) is 11.3. The maximum absolute atomic E-state index is 13.5. The van der Waals surface area contributed by atoms with Gasteiger partial charge in [-0.05, 0) is 24.5 Å². The van der Waals surface area contributed by atoms with Crippen LogP contribution in [0.4, 0.5) is 10.1 Å². The third-order valence-corrected chi connectivity index (χ3v) is 3.25. The lowest BCUT2D eigenvalue weighted by atomic mass is 10.1. The summed E-state index contributed by atoms with van der Waals surface area (Å²) in [6.07, 6.45) is 2.29. The van der Waals surface area contributed by atoms with Crippen molar-refractivity contribution in [1.82, 2.24) is 0 Å². The summed E-state index contributed by atoms with van der Waals surface area (Å²) >= 11 is 4.87. The molecule has 2 nitrogen and oxygen atoms in total. The van der Waals surface area contributed by atoms with E-state index < -0.39 is 0 Å². The van der Waals surface area contributed by atoms with E-state index in [0.717, 1.165) is 12.8 Å². The molecule has 1 aliphatic carbocycles. The minimum Gasteiger partial charge on any atom is -0.389 e. The van der Waals surface area contributed by atoms with E-state index in [4.69, 9.17) is 18.0 Å². The zero-order valence-electron chi connectivity index (χ0n) is 9.16. The van der Waals surface area contributed by atoms with Crippen molar-refractivity contribution in [2.24, 2.45) is 11.7 Å². The highest BCUT2D eigenvalue weighted by atomic mass is 32.1. The third-order valence-electron chi connectivity index (χ3n) is 3.05. The van der Waals surface area contributed by atoms with Gasteiger partial charge in [0.1, 0.15) is 10.8 Å². The number of halogens is 1. The molecule has 2 unspecified atom stereocenters. The highest BCUT2D eigenvalue weighted by Crippen LogP contribution is 2.37. The van der Waals surface area contributed by atoms with Crippen LogP contribution in [0.2, 0.25) is 0 Å². The van der Waals surface area contributed by atoms with Crippen LogP contribution in [0, 0.1) is 11.7 Å². The molecule has 0 heterocycles. The fourth-order valence-electron chi connectivity index (χ4n) is 1.97. The molecule has 2 rings (SSSR count). The van der Waals surface area contributed by atoms with Gasteiger partial charge in [0.25, 0.3) is 0 Å². The van der Waals surface area contributed by atoms with Crippen molar-refractivity contribution in [2.45, 2.75) is 25.8 Å². The van der Waals surface area contributed by atoms with Gasteiger partial charge in [0.2, 0.25) is 0 Å². The Bertz CT molecular complexity index is 419. The molecule has 0 spiro atoms. The van der Waals surface area contributed by atoms with Gasteiger partial charge in [0.05, 0.1) is 5.56 Å². The van der Waals surface area contributed by atoms with Gasteiger partial charge < -0.3 is 11.1 Å². The number of benzene rings is 1. The van der Waals surface area contributed by atoms with Crippen molar-refractivity contribution in [3.8, 4) is 0 Å². The number of nitrogens with one attached hydrogen (secondary N) is 1. The van der Waals surface area contributed by atoms with Crippen molar-refractivity contribution in [2.75, 3.05) is 5.32 Å². The molecule has 1 fully saturated rings. The second kappa shape index (κ2) is 4.37. The highest BCUT2D eigenvalue weighted by molar-refractivity contribution is 7.80. The molecule has 0 aliphatic heterocycles. The van der Waals surface area contributed by atoms with E-state index in [1.165, 1.54) is 6.07 Å². The molecule has 3 N–H and O–H groups in total. The van der Waals surface area contributed by atoms with Gasteiger partial charge in [0.15, 0.2) is 0 Å². The van der Waals surface area contributed by atoms with E-state index in [2.05, 4.69) is 12.2 Å². The zero-order valence-corrected chi connectivity index (χ0v) is 9.98. The largest absolute Gasteiger partial charge is 0.389 e. The van der Waals surface area contributed by atoms with E-state index in [1.54, 1.807) is 6.07 Å². The van der Waals surface area contributed by atoms with Gasteiger partial charge in [-0.2, -0.15) is 0 Å². The van der Waals surface area contributed by atoms with Crippen molar-refractivity contribution in [3.63, 3.8) is 0 Å². The summed E-state index contributed by atoms with van der Waals surface area (Å²) in [4.78, 5) is 0.106. The maximum Gasteiger partial charge on any atom is 0.135 e. The first-order valence-corrected chi connectivity index (χ1v) is 5.89. The van der Waals surface area contributed by atoms with E-state index in [9.17, 15) is 4.39 Å². The molecule has 1 aliphatic rings. The molecule has 1 aromatic rings. The van der Waals surface area contributed by atoms with E-state index in [-0.39, 0.29) is 10.8 Å². The highest BCUT2D eigenvalue weighted by Gasteiger charge is 2.35. The second-order valence-corrected chi connectivity index (χ2v) is 4.62. The Morgan fingerprint density at radius 1 is 1.62 bits per heavy atom. The smallest absolute Gasteiger partial charge is 0.135 e. The molecular formula is C12H15FN2S. The Morgan fingerprint density at radius 3 is 2.94 bits per heavy atom. The number of rotatable bonds is 4. The van der Waals surface area contributed by atoms with E-state index in [1.807, 2.05) is 6.07 Å². The van der Waals surface area contributed by atoms with Crippen molar-refractivity contribution in [1.29, 1.82) is 0 Å². The molecule has 0 saturated heterocycles. The van der Waals surface area contributed by atoms with Crippen LogP contribution >= 0.6 is 12.2 Å². The first-order valence-electron chi connectivity index (χ1n) is 5.48. The number of hydrogen-bond acceptors (Lipinski definition) is 2. The standard InChI is InChI=1S/C12H15FN2S/c1-2-7-6-10(7)15-9-5-3-4-8(13)11(9)12(14)16/h3-5,7,10,15H,2,6H2,1H3,(H2,14,16). The maximum atomic E-state index is 13.5. The van der Waals surface area contributed by atoms with Crippen molar-refractivity contribution in [3.05, 3.63) is 29.6 Å². The molecule has 16 heavy (non-hydrogen) atoms. The average molecular weight is 238 g/mol. The average Bonchev–Trinajstić information content (AvgIpc) is 2.96. The molecule has 86 valence electrons. The lowest BCUT2D eigenvalue weighted by molar-refractivity contribution is 0.625. The number of thiocarbonyl (C=S) groups is 1. The molecule has 1 aromatic carbocycles.